The van der Waals surface area contributed by atoms with Crippen LogP contribution in [-0.4, -0.2) is 19.6 Å². The normalized spacial score (nSPS) is 9.86. The minimum Gasteiger partial charge on any atom is -0.367 e. The van der Waals surface area contributed by atoms with Gasteiger partial charge in [0.15, 0.2) is 0 Å². The van der Waals surface area contributed by atoms with Crippen molar-refractivity contribution in [3.8, 4) is 0 Å². The summed E-state index contributed by atoms with van der Waals surface area (Å²) < 4.78 is 5.16. The molecule has 1 rings (SSSR count). The minimum atomic E-state index is -0.126. The number of rotatable bonds is 4. The fourth-order valence-electron chi connectivity index (χ4n) is 0.914. The lowest BCUT2D eigenvalue weighted by Crippen LogP contribution is -2.23. The molecule has 0 heterocycles. The molecule has 0 radical (unpaired) electrons. The second kappa shape index (κ2) is 5.62. The number of hydrogen-bond donors (Lipinski definition) is 1. The molecule has 0 aromatic heterocycles. The highest BCUT2D eigenvalue weighted by Crippen LogP contribution is 2.09. The third-order valence-electron chi connectivity index (χ3n) is 1.69. The van der Waals surface area contributed by atoms with E-state index in [1.54, 1.807) is 19.2 Å². The Balaban J connectivity index is 2.31. The van der Waals surface area contributed by atoms with Crippen LogP contribution < -0.4 is 5.32 Å². The number of carbonyl (C=O) groups is 1. The van der Waals surface area contributed by atoms with Gasteiger partial charge >= 0.3 is 0 Å². The molecule has 0 fully saturated rings. The number of carbonyl (C=O) groups excluding carboxylic acids is 1. The molecule has 0 aliphatic carbocycles. The monoisotopic (exact) mass is 213 g/mol. The number of amides is 1. The average Bonchev–Trinajstić information content (AvgIpc) is 2.21. The van der Waals surface area contributed by atoms with Gasteiger partial charge in [0.1, 0.15) is 6.61 Å². The number of hydrogen-bond acceptors (Lipinski definition) is 2. The summed E-state index contributed by atoms with van der Waals surface area (Å²) in [6.45, 7) is 0.504. The Morgan fingerprint density at radius 3 is 2.64 bits per heavy atom. The van der Waals surface area contributed by atoms with Crippen molar-refractivity contribution in [1.82, 2.24) is 5.32 Å². The van der Waals surface area contributed by atoms with Crippen LogP contribution in [0.3, 0.4) is 0 Å². The Bertz CT molecular complexity index is 297. The summed E-state index contributed by atoms with van der Waals surface area (Å²) >= 11 is 5.71. The maximum absolute atomic E-state index is 10.8. The average molecular weight is 214 g/mol. The van der Waals surface area contributed by atoms with Crippen molar-refractivity contribution in [3.05, 3.63) is 34.9 Å². The van der Waals surface area contributed by atoms with Crippen molar-refractivity contribution in [3.63, 3.8) is 0 Å². The SMILES string of the molecule is CNC(=O)COCc1ccc(Cl)cc1. The van der Waals surface area contributed by atoms with Gasteiger partial charge in [0, 0.05) is 12.1 Å². The van der Waals surface area contributed by atoms with Crippen LogP contribution in [0.1, 0.15) is 5.56 Å². The number of ether oxygens (including phenoxy) is 1. The van der Waals surface area contributed by atoms with Crippen molar-refractivity contribution >= 4 is 17.5 Å². The lowest BCUT2D eigenvalue weighted by molar-refractivity contribution is -0.125. The fraction of sp³-hybridized carbons (Fsp3) is 0.300. The van der Waals surface area contributed by atoms with E-state index in [2.05, 4.69) is 5.32 Å². The van der Waals surface area contributed by atoms with Crippen LogP contribution in [0.5, 0.6) is 0 Å². The molecular formula is C10H12ClNO2. The Morgan fingerprint density at radius 1 is 1.43 bits per heavy atom. The number of likely N-dealkylation sites (N-methyl/N-ethyl adjacent to an activating group) is 1. The van der Waals surface area contributed by atoms with Gasteiger partial charge in [-0.2, -0.15) is 0 Å². The zero-order valence-corrected chi connectivity index (χ0v) is 8.67. The number of benzene rings is 1. The van der Waals surface area contributed by atoms with Gasteiger partial charge < -0.3 is 10.1 Å². The summed E-state index contributed by atoms with van der Waals surface area (Å²) in [5.74, 6) is -0.126. The highest BCUT2D eigenvalue weighted by atomic mass is 35.5. The summed E-state index contributed by atoms with van der Waals surface area (Å²) in [7, 11) is 1.58. The smallest absolute Gasteiger partial charge is 0.245 e. The lowest BCUT2D eigenvalue weighted by Gasteiger charge is -2.03. The van der Waals surface area contributed by atoms with E-state index in [-0.39, 0.29) is 12.5 Å². The Hall–Kier alpha value is -1.06. The quantitative estimate of drug-likeness (QED) is 0.825. The molecule has 3 nitrogen and oxygen atoms in total. The molecule has 0 aliphatic rings. The van der Waals surface area contributed by atoms with Crippen LogP contribution in [0.2, 0.25) is 5.02 Å². The van der Waals surface area contributed by atoms with Crippen LogP contribution in [0.4, 0.5) is 0 Å². The van der Waals surface area contributed by atoms with E-state index in [4.69, 9.17) is 16.3 Å². The van der Waals surface area contributed by atoms with Crippen molar-refractivity contribution in [2.45, 2.75) is 6.61 Å². The van der Waals surface area contributed by atoms with Crippen molar-refractivity contribution in [2.75, 3.05) is 13.7 Å². The maximum Gasteiger partial charge on any atom is 0.245 e. The van der Waals surface area contributed by atoms with Gasteiger partial charge in [-0.05, 0) is 17.7 Å². The largest absolute Gasteiger partial charge is 0.367 e. The molecule has 4 heteroatoms. The van der Waals surface area contributed by atoms with Crippen LogP contribution in [0, 0.1) is 0 Å². The fourth-order valence-corrected chi connectivity index (χ4v) is 1.04. The third kappa shape index (κ3) is 3.77. The van der Waals surface area contributed by atoms with Gasteiger partial charge in [-0.25, -0.2) is 0 Å². The molecule has 1 amide bonds. The third-order valence-corrected chi connectivity index (χ3v) is 1.95. The van der Waals surface area contributed by atoms with E-state index in [1.807, 2.05) is 12.1 Å². The predicted molar refractivity (Wildman–Crippen MR) is 55.2 cm³/mol. The predicted octanol–water partition coefficient (Wildman–Crippen LogP) is 1.60. The molecule has 0 aliphatic heterocycles. The molecule has 0 bridgehead atoms. The second-order valence-corrected chi connectivity index (χ2v) is 3.23. The molecule has 0 spiro atoms. The van der Waals surface area contributed by atoms with E-state index < -0.39 is 0 Å². The molecular weight excluding hydrogens is 202 g/mol. The standard InChI is InChI=1S/C10H12ClNO2/c1-12-10(13)7-14-6-8-2-4-9(11)5-3-8/h2-5H,6-7H2,1H3,(H,12,13). The maximum atomic E-state index is 10.8. The first-order valence-electron chi connectivity index (χ1n) is 4.25. The zero-order chi connectivity index (χ0) is 10.4. The molecule has 1 N–H and O–H groups in total. The van der Waals surface area contributed by atoms with E-state index >= 15 is 0 Å². The van der Waals surface area contributed by atoms with Gasteiger partial charge in [-0.15, -0.1) is 0 Å². The molecule has 0 saturated carbocycles. The Labute approximate surface area is 88.0 Å². The van der Waals surface area contributed by atoms with Crippen molar-refractivity contribution in [1.29, 1.82) is 0 Å². The first-order chi connectivity index (χ1) is 6.72. The number of halogens is 1. The first-order valence-corrected chi connectivity index (χ1v) is 4.63. The molecule has 0 unspecified atom stereocenters. The zero-order valence-electron chi connectivity index (χ0n) is 7.92. The highest BCUT2D eigenvalue weighted by Gasteiger charge is 1.98. The van der Waals surface area contributed by atoms with E-state index in [0.717, 1.165) is 5.56 Å². The summed E-state index contributed by atoms with van der Waals surface area (Å²) in [5, 5.41) is 3.17. The molecule has 14 heavy (non-hydrogen) atoms. The van der Waals surface area contributed by atoms with Crippen LogP contribution in [0.15, 0.2) is 24.3 Å². The van der Waals surface area contributed by atoms with E-state index in [9.17, 15) is 4.79 Å². The Morgan fingerprint density at radius 2 is 2.07 bits per heavy atom. The molecule has 0 atom stereocenters. The van der Waals surface area contributed by atoms with Crippen molar-refractivity contribution in [2.24, 2.45) is 0 Å². The minimum absolute atomic E-state index is 0.0825. The summed E-state index contributed by atoms with van der Waals surface area (Å²) in [4.78, 5) is 10.8. The summed E-state index contributed by atoms with van der Waals surface area (Å²) in [6, 6.07) is 7.32. The van der Waals surface area contributed by atoms with Gasteiger partial charge in [0.25, 0.3) is 0 Å². The number of nitrogens with one attached hydrogen (secondary N) is 1. The van der Waals surface area contributed by atoms with E-state index in [0.29, 0.717) is 11.6 Å². The van der Waals surface area contributed by atoms with E-state index in [1.165, 1.54) is 0 Å². The molecule has 76 valence electrons. The molecule has 1 aromatic rings. The highest BCUT2D eigenvalue weighted by molar-refractivity contribution is 6.30. The Kier molecular flexibility index (Phi) is 4.43. The van der Waals surface area contributed by atoms with Crippen LogP contribution in [-0.2, 0) is 16.1 Å². The van der Waals surface area contributed by atoms with Crippen molar-refractivity contribution < 1.29 is 9.53 Å². The molecule has 0 saturated heterocycles. The lowest BCUT2D eigenvalue weighted by atomic mass is 10.2. The topological polar surface area (TPSA) is 38.3 Å². The van der Waals surface area contributed by atoms with Crippen LogP contribution >= 0.6 is 11.6 Å². The summed E-state index contributed by atoms with van der Waals surface area (Å²) in [6.07, 6.45) is 0. The van der Waals surface area contributed by atoms with Gasteiger partial charge in [0.05, 0.1) is 6.61 Å². The van der Waals surface area contributed by atoms with Gasteiger partial charge in [-0.3, -0.25) is 4.79 Å². The molecule has 1 aromatic carbocycles. The first kappa shape index (κ1) is 11.0. The van der Waals surface area contributed by atoms with Gasteiger partial charge in [-0.1, -0.05) is 23.7 Å². The van der Waals surface area contributed by atoms with Gasteiger partial charge in [0.2, 0.25) is 5.91 Å². The van der Waals surface area contributed by atoms with Crippen LogP contribution in [0.25, 0.3) is 0 Å². The summed E-state index contributed by atoms with van der Waals surface area (Å²) in [5.41, 5.74) is 0.998. The second-order valence-electron chi connectivity index (χ2n) is 2.79.